The molecule has 2 N–H and O–H groups in total. The van der Waals surface area contributed by atoms with E-state index in [2.05, 4.69) is 14.9 Å². The molecule has 1 saturated heterocycles. The van der Waals surface area contributed by atoms with E-state index < -0.39 is 12.0 Å². The topological polar surface area (TPSA) is 67.1 Å². The van der Waals surface area contributed by atoms with Crippen LogP contribution in [-0.2, 0) is 4.79 Å². The lowest BCUT2D eigenvalue weighted by atomic mass is 10.3. The molecule has 0 aromatic carbocycles. The van der Waals surface area contributed by atoms with Crippen LogP contribution in [0.1, 0.15) is 30.0 Å². The van der Waals surface area contributed by atoms with Gasteiger partial charge in [0.25, 0.3) is 0 Å². The van der Waals surface area contributed by atoms with E-state index in [-0.39, 0.29) is 5.37 Å². The van der Waals surface area contributed by atoms with Crippen molar-refractivity contribution in [3.05, 3.63) is 18.2 Å². The van der Waals surface area contributed by atoms with Crippen molar-refractivity contribution in [2.45, 2.75) is 30.3 Å². The van der Waals surface area contributed by atoms with Crippen LogP contribution >= 0.6 is 11.8 Å². The van der Waals surface area contributed by atoms with E-state index in [1.165, 1.54) is 12.8 Å². The SMILES string of the molecule is O=C(O)[C@H]1CSC(c2cncn2C2CC2)N1. The number of aromatic nitrogens is 2. The molecule has 0 amide bonds. The van der Waals surface area contributed by atoms with Crippen molar-refractivity contribution in [1.82, 2.24) is 14.9 Å². The van der Waals surface area contributed by atoms with Gasteiger partial charge in [-0.25, -0.2) is 4.98 Å². The molecule has 1 aliphatic heterocycles. The molecule has 86 valence electrons. The Kier molecular flexibility index (Phi) is 2.40. The van der Waals surface area contributed by atoms with Gasteiger partial charge in [0.15, 0.2) is 0 Å². The second-order valence-electron chi connectivity index (χ2n) is 4.23. The smallest absolute Gasteiger partial charge is 0.321 e. The molecule has 2 heterocycles. The Hall–Kier alpha value is -1.01. The van der Waals surface area contributed by atoms with E-state index in [9.17, 15) is 4.79 Å². The molecular weight excluding hydrogens is 226 g/mol. The highest BCUT2D eigenvalue weighted by atomic mass is 32.2. The lowest BCUT2D eigenvalue weighted by Crippen LogP contribution is -2.34. The van der Waals surface area contributed by atoms with Crippen LogP contribution in [0.15, 0.2) is 12.5 Å². The fraction of sp³-hybridized carbons (Fsp3) is 0.600. The molecule has 1 aromatic rings. The number of thioether (sulfide) groups is 1. The van der Waals surface area contributed by atoms with Gasteiger partial charge in [0, 0.05) is 11.8 Å². The van der Waals surface area contributed by atoms with Crippen LogP contribution in [0.3, 0.4) is 0 Å². The molecule has 6 heteroatoms. The minimum Gasteiger partial charge on any atom is -0.480 e. The fourth-order valence-corrected chi connectivity index (χ4v) is 3.20. The fourth-order valence-electron chi connectivity index (χ4n) is 1.96. The molecule has 0 spiro atoms. The maximum atomic E-state index is 10.8. The van der Waals surface area contributed by atoms with E-state index >= 15 is 0 Å². The van der Waals surface area contributed by atoms with Gasteiger partial charge in [0.2, 0.25) is 0 Å². The second-order valence-corrected chi connectivity index (χ2v) is 5.37. The van der Waals surface area contributed by atoms with Crippen molar-refractivity contribution < 1.29 is 9.90 Å². The van der Waals surface area contributed by atoms with E-state index in [1.807, 2.05) is 12.5 Å². The number of carboxylic acid groups (broad SMARTS) is 1. The molecule has 5 nitrogen and oxygen atoms in total. The zero-order valence-electron chi connectivity index (χ0n) is 8.67. The van der Waals surface area contributed by atoms with Crippen LogP contribution in [0.2, 0.25) is 0 Å². The van der Waals surface area contributed by atoms with Crippen LogP contribution in [0.5, 0.6) is 0 Å². The Balaban J connectivity index is 1.77. The summed E-state index contributed by atoms with van der Waals surface area (Å²) in [6.07, 6.45) is 6.11. The first kappa shape index (κ1) is 10.2. The van der Waals surface area contributed by atoms with Crippen molar-refractivity contribution in [2.75, 3.05) is 5.75 Å². The molecule has 2 aliphatic rings. The summed E-state index contributed by atoms with van der Waals surface area (Å²) < 4.78 is 2.18. The van der Waals surface area contributed by atoms with Gasteiger partial charge in [-0.05, 0) is 12.8 Å². The molecule has 2 atom stereocenters. The largest absolute Gasteiger partial charge is 0.480 e. The Labute approximate surface area is 97.2 Å². The molecule has 3 rings (SSSR count). The third-order valence-electron chi connectivity index (χ3n) is 2.99. The van der Waals surface area contributed by atoms with Gasteiger partial charge in [0.05, 0.1) is 23.6 Å². The first-order valence-corrected chi connectivity index (χ1v) is 6.43. The molecule has 0 radical (unpaired) electrons. The van der Waals surface area contributed by atoms with Gasteiger partial charge in [0.1, 0.15) is 6.04 Å². The summed E-state index contributed by atoms with van der Waals surface area (Å²) >= 11 is 1.64. The standard InChI is InChI=1S/C10H13N3O2S/c14-10(15)7-4-16-9(12-7)8-3-11-5-13(8)6-1-2-6/h3,5-7,9,12H,1-2,4H2,(H,14,15)/t7-,9?/m1/s1. The molecule has 1 unspecified atom stereocenters. The number of rotatable bonds is 3. The van der Waals surface area contributed by atoms with E-state index in [4.69, 9.17) is 5.11 Å². The Morgan fingerprint density at radius 2 is 2.44 bits per heavy atom. The minimum atomic E-state index is -0.771. The van der Waals surface area contributed by atoms with Crippen molar-refractivity contribution in [2.24, 2.45) is 0 Å². The summed E-state index contributed by atoms with van der Waals surface area (Å²) in [5, 5.41) is 12.1. The molecule has 1 aromatic heterocycles. The summed E-state index contributed by atoms with van der Waals surface area (Å²) in [4.78, 5) is 15.0. The number of imidazole rings is 1. The number of hydrogen-bond donors (Lipinski definition) is 2. The van der Waals surface area contributed by atoms with E-state index in [0.29, 0.717) is 11.8 Å². The zero-order chi connectivity index (χ0) is 11.1. The Morgan fingerprint density at radius 1 is 1.62 bits per heavy atom. The van der Waals surface area contributed by atoms with E-state index in [0.717, 1.165) is 5.69 Å². The normalized spacial score (nSPS) is 29.5. The molecule has 1 saturated carbocycles. The third kappa shape index (κ3) is 1.72. The monoisotopic (exact) mass is 239 g/mol. The number of carbonyl (C=O) groups is 1. The number of carboxylic acids is 1. The third-order valence-corrected chi connectivity index (χ3v) is 4.22. The maximum absolute atomic E-state index is 10.8. The van der Waals surface area contributed by atoms with E-state index in [1.54, 1.807) is 11.8 Å². The molecule has 1 aliphatic carbocycles. The second kappa shape index (κ2) is 3.78. The molecule has 16 heavy (non-hydrogen) atoms. The van der Waals surface area contributed by atoms with Gasteiger partial charge < -0.3 is 9.67 Å². The number of nitrogens with one attached hydrogen (secondary N) is 1. The summed E-state index contributed by atoms with van der Waals surface area (Å²) in [5.41, 5.74) is 1.11. The minimum absolute atomic E-state index is 0.0733. The van der Waals surface area contributed by atoms with Crippen LogP contribution in [0.25, 0.3) is 0 Å². The number of hydrogen-bond acceptors (Lipinski definition) is 4. The molecular formula is C10H13N3O2S. The van der Waals surface area contributed by atoms with Crippen molar-refractivity contribution in [3.63, 3.8) is 0 Å². The summed E-state index contributed by atoms with van der Waals surface area (Å²) in [6.45, 7) is 0. The number of aliphatic carboxylic acids is 1. The van der Waals surface area contributed by atoms with Crippen LogP contribution in [0, 0.1) is 0 Å². The van der Waals surface area contributed by atoms with Crippen LogP contribution in [-0.4, -0.2) is 32.4 Å². The predicted octanol–water partition coefficient (Wildman–Crippen LogP) is 1.01. The highest BCUT2D eigenvalue weighted by molar-refractivity contribution is 7.99. The number of nitrogens with zero attached hydrogens (tertiary/aromatic N) is 2. The molecule has 2 fully saturated rings. The lowest BCUT2D eigenvalue weighted by molar-refractivity contribution is -0.138. The Bertz CT molecular complexity index is 416. The van der Waals surface area contributed by atoms with Crippen molar-refractivity contribution in [3.8, 4) is 0 Å². The summed E-state index contributed by atoms with van der Waals surface area (Å²) in [6, 6.07) is 0.154. The first-order valence-electron chi connectivity index (χ1n) is 5.38. The van der Waals surface area contributed by atoms with Gasteiger partial charge in [-0.3, -0.25) is 10.1 Å². The van der Waals surface area contributed by atoms with Crippen LogP contribution in [0.4, 0.5) is 0 Å². The van der Waals surface area contributed by atoms with Gasteiger partial charge in [-0.1, -0.05) is 0 Å². The highest BCUT2D eigenvalue weighted by Gasteiger charge is 2.34. The van der Waals surface area contributed by atoms with Gasteiger partial charge in [-0.15, -0.1) is 11.8 Å². The van der Waals surface area contributed by atoms with Crippen molar-refractivity contribution in [1.29, 1.82) is 0 Å². The maximum Gasteiger partial charge on any atom is 0.321 e. The Morgan fingerprint density at radius 3 is 3.06 bits per heavy atom. The van der Waals surface area contributed by atoms with Gasteiger partial charge in [-0.2, -0.15) is 0 Å². The van der Waals surface area contributed by atoms with Gasteiger partial charge >= 0.3 is 5.97 Å². The first-order chi connectivity index (χ1) is 7.75. The quantitative estimate of drug-likeness (QED) is 0.824. The summed E-state index contributed by atoms with van der Waals surface area (Å²) in [5.74, 6) is -0.150. The highest BCUT2D eigenvalue weighted by Crippen LogP contribution is 2.40. The average molecular weight is 239 g/mol. The zero-order valence-corrected chi connectivity index (χ0v) is 9.48. The predicted molar refractivity (Wildman–Crippen MR) is 60.3 cm³/mol. The average Bonchev–Trinajstić information content (AvgIpc) is 2.83. The van der Waals surface area contributed by atoms with Crippen LogP contribution < -0.4 is 5.32 Å². The summed E-state index contributed by atoms with van der Waals surface area (Å²) in [7, 11) is 0. The van der Waals surface area contributed by atoms with Crippen molar-refractivity contribution >= 4 is 17.7 Å². The lowest BCUT2D eigenvalue weighted by Gasteiger charge is -2.13. The molecule has 0 bridgehead atoms.